The van der Waals surface area contributed by atoms with Crippen molar-refractivity contribution in [2.75, 3.05) is 18.5 Å². The third kappa shape index (κ3) is 4.37. The van der Waals surface area contributed by atoms with Crippen LogP contribution in [0.25, 0.3) is 0 Å². The third-order valence-corrected chi connectivity index (χ3v) is 4.50. The topological polar surface area (TPSA) is 46.2 Å². The quantitative estimate of drug-likeness (QED) is 0.750. The summed E-state index contributed by atoms with van der Waals surface area (Å²) in [5.74, 6) is 0.713. The number of anilines is 1. The van der Waals surface area contributed by atoms with Crippen LogP contribution in [-0.2, 0) is 4.74 Å². The average Bonchev–Trinajstić information content (AvgIpc) is 2.86. The molecule has 4 nitrogen and oxygen atoms in total. The Morgan fingerprint density at radius 1 is 1.53 bits per heavy atom. The van der Waals surface area contributed by atoms with Crippen LogP contribution in [-0.4, -0.2) is 29.4 Å². The van der Waals surface area contributed by atoms with Gasteiger partial charge in [0.2, 0.25) is 0 Å². The van der Waals surface area contributed by atoms with Crippen LogP contribution in [0.5, 0.6) is 0 Å². The Bertz CT molecular complexity index is 478. The first-order chi connectivity index (χ1) is 9.06. The monoisotopic (exact) mass is 407 g/mol. The number of aromatic nitrogens is 1. The molecule has 1 aliphatic rings. The van der Waals surface area contributed by atoms with Crippen molar-refractivity contribution in [3.63, 3.8) is 0 Å². The number of thiocarbonyl (C=S) groups is 1. The molecule has 1 aliphatic heterocycles. The summed E-state index contributed by atoms with van der Waals surface area (Å²) < 4.78 is 7.36. The number of hydrogen-bond acceptors (Lipinski definition) is 3. The molecule has 2 heterocycles. The van der Waals surface area contributed by atoms with E-state index in [2.05, 4.69) is 47.5 Å². The van der Waals surface area contributed by atoms with Crippen molar-refractivity contribution >= 4 is 55.0 Å². The van der Waals surface area contributed by atoms with Crippen molar-refractivity contribution in [2.24, 2.45) is 0 Å². The first-order valence-corrected chi connectivity index (χ1v) is 8.05. The summed E-state index contributed by atoms with van der Waals surface area (Å²) in [6, 6.07) is 1.95. The van der Waals surface area contributed by atoms with E-state index in [1.54, 1.807) is 0 Å². The van der Waals surface area contributed by atoms with Crippen molar-refractivity contribution in [1.82, 2.24) is 10.3 Å². The first kappa shape index (κ1) is 15.2. The Balaban J connectivity index is 1.89. The lowest BCUT2D eigenvalue weighted by atomic mass is 10.2. The lowest BCUT2D eigenvalue weighted by Gasteiger charge is -2.14. The Hall–Kier alpha value is -0.240. The maximum atomic E-state index is 5.53. The second-order valence-corrected chi connectivity index (χ2v) is 6.47. The molecule has 1 fully saturated rings. The minimum atomic E-state index is 0.266. The van der Waals surface area contributed by atoms with Crippen LogP contribution in [0.15, 0.2) is 15.0 Å². The molecular weight excluding hydrogens is 394 g/mol. The van der Waals surface area contributed by atoms with Crippen LogP contribution in [0.1, 0.15) is 18.5 Å². The molecule has 0 unspecified atom stereocenters. The summed E-state index contributed by atoms with van der Waals surface area (Å²) in [7, 11) is 0. The number of nitrogens with one attached hydrogen (secondary N) is 2. The van der Waals surface area contributed by atoms with Gasteiger partial charge in [-0.25, -0.2) is 4.98 Å². The first-order valence-electron chi connectivity index (χ1n) is 6.05. The second-order valence-electron chi connectivity index (χ2n) is 4.36. The standard InChI is InChI=1S/C12H15Br2N3OS/c1-7-9(13)5-10(14)11(16-7)17-12(19)15-6-8-3-2-4-18-8/h5,8H,2-4,6H2,1H3,(H2,15,16,17,19)/t8-/m1/s1. The molecule has 0 aliphatic carbocycles. The highest BCUT2D eigenvalue weighted by molar-refractivity contribution is 9.11. The van der Waals surface area contributed by atoms with Crippen LogP contribution >= 0.6 is 44.1 Å². The maximum absolute atomic E-state index is 5.53. The third-order valence-electron chi connectivity index (χ3n) is 2.85. The summed E-state index contributed by atoms with van der Waals surface area (Å²) in [6.07, 6.45) is 2.49. The zero-order valence-corrected chi connectivity index (χ0v) is 14.5. The van der Waals surface area contributed by atoms with Gasteiger partial charge in [-0.15, -0.1) is 0 Å². The lowest BCUT2D eigenvalue weighted by molar-refractivity contribution is 0.114. The number of hydrogen-bond donors (Lipinski definition) is 2. The molecule has 0 saturated carbocycles. The molecule has 0 radical (unpaired) electrons. The van der Waals surface area contributed by atoms with Gasteiger partial charge in [0.25, 0.3) is 0 Å². The van der Waals surface area contributed by atoms with Crippen LogP contribution in [0.2, 0.25) is 0 Å². The van der Waals surface area contributed by atoms with Gasteiger partial charge >= 0.3 is 0 Å². The highest BCUT2D eigenvalue weighted by Crippen LogP contribution is 2.26. The van der Waals surface area contributed by atoms with Crippen molar-refractivity contribution in [1.29, 1.82) is 0 Å². The number of rotatable bonds is 3. The minimum Gasteiger partial charge on any atom is -0.376 e. The van der Waals surface area contributed by atoms with E-state index in [1.807, 2.05) is 13.0 Å². The molecule has 1 aromatic rings. The number of nitrogens with zero attached hydrogens (tertiary/aromatic N) is 1. The number of pyridine rings is 1. The SMILES string of the molecule is Cc1nc(NC(=S)NC[C@H]2CCCO2)c(Br)cc1Br. The van der Waals surface area contributed by atoms with Gasteiger partial charge < -0.3 is 15.4 Å². The van der Waals surface area contributed by atoms with Gasteiger partial charge in [0.05, 0.1) is 16.3 Å². The maximum Gasteiger partial charge on any atom is 0.172 e. The summed E-state index contributed by atoms with van der Waals surface area (Å²) in [5, 5.41) is 6.81. The van der Waals surface area contributed by atoms with Gasteiger partial charge in [-0.3, -0.25) is 0 Å². The van der Waals surface area contributed by atoms with Crippen LogP contribution in [0, 0.1) is 6.92 Å². The number of aryl methyl sites for hydroxylation is 1. The predicted octanol–water partition coefficient (Wildman–Crippen LogP) is 3.38. The van der Waals surface area contributed by atoms with Gasteiger partial charge in [-0.2, -0.15) is 0 Å². The van der Waals surface area contributed by atoms with Gasteiger partial charge in [-0.1, -0.05) is 0 Å². The zero-order valence-electron chi connectivity index (χ0n) is 10.5. The van der Waals surface area contributed by atoms with Crippen LogP contribution < -0.4 is 10.6 Å². The van der Waals surface area contributed by atoms with Gasteiger partial charge in [0.15, 0.2) is 5.11 Å². The molecule has 2 N–H and O–H groups in total. The molecule has 1 saturated heterocycles. The van der Waals surface area contributed by atoms with E-state index in [4.69, 9.17) is 17.0 Å². The summed E-state index contributed by atoms with van der Waals surface area (Å²) in [4.78, 5) is 4.43. The number of ether oxygens (including phenoxy) is 1. The largest absolute Gasteiger partial charge is 0.376 e. The van der Waals surface area contributed by atoms with Gasteiger partial charge in [0.1, 0.15) is 5.82 Å². The molecule has 0 bridgehead atoms. The molecule has 7 heteroatoms. The lowest BCUT2D eigenvalue weighted by Crippen LogP contribution is -2.35. The highest BCUT2D eigenvalue weighted by Gasteiger charge is 2.15. The molecule has 0 amide bonds. The normalized spacial score (nSPS) is 18.4. The van der Waals surface area contributed by atoms with E-state index in [0.717, 1.165) is 40.6 Å². The fourth-order valence-corrected chi connectivity index (χ4v) is 3.03. The van der Waals surface area contributed by atoms with Crippen LogP contribution in [0.3, 0.4) is 0 Å². The molecule has 0 spiro atoms. The van der Waals surface area contributed by atoms with Gasteiger partial charge in [0, 0.05) is 17.6 Å². The van der Waals surface area contributed by atoms with Crippen LogP contribution in [0.4, 0.5) is 5.82 Å². The Labute approximate surface area is 135 Å². The van der Waals surface area contributed by atoms with Crippen molar-refractivity contribution in [3.8, 4) is 0 Å². The van der Waals surface area contributed by atoms with E-state index in [0.29, 0.717) is 10.9 Å². The molecule has 1 atom stereocenters. The van der Waals surface area contributed by atoms with E-state index in [-0.39, 0.29) is 6.10 Å². The molecule has 19 heavy (non-hydrogen) atoms. The summed E-state index contributed by atoms with van der Waals surface area (Å²) in [5.41, 5.74) is 0.910. The Kier molecular flexibility index (Phi) is 5.56. The van der Waals surface area contributed by atoms with Crippen molar-refractivity contribution < 1.29 is 4.74 Å². The Morgan fingerprint density at radius 2 is 2.32 bits per heavy atom. The minimum absolute atomic E-state index is 0.266. The van der Waals surface area contributed by atoms with Crippen molar-refractivity contribution in [3.05, 3.63) is 20.7 Å². The highest BCUT2D eigenvalue weighted by atomic mass is 79.9. The number of halogens is 2. The van der Waals surface area contributed by atoms with Gasteiger partial charge in [-0.05, 0) is 69.9 Å². The second kappa shape index (κ2) is 6.97. The van der Waals surface area contributed by atoms with E-state index >= 15 is 0 Å². The molecule has 2 rings (SSSR count). The average molecular weight is 409 g/mol. The van der Waals surface area contributed by atoms with E-state index in [9.17, 15) is 0 Å². The Morgan fingerprint density at radius 3 is 3.00 bits per heavy atom. The van der Waals surface area contributed by atoms with E-state index < -0.39 is 0 Å². The molecule has 1 aromatic heterocycles. The predicted molar refractivity (Wildman–Crippen MR) is 87.6 cm³/mol. The fourth-order valence-electron chi connectivity index (χ4n) is 1.81. The zero-order chi connectivity index (χ0) is 13.8. The van der Waals surface area contributed by atoms with E-state index in [1.165, 1.54) is 0 Å². The molecule has 104 valence electrons. The fraction of sp³-hybridized carbons (Fsp3) is 0.500. The summed E-state index contributed by atoms with van der Waals surface area (Å²) >= 11 is 12.2. The summed E-state index contributed by atoms with van der Waals surface area (Å²) in [6.45, 7) is 3.52. The smallest absolute Gasteiger partial charge is 0.172 e. The molecular formula is C12H15Br2N3OS. The van der Waals surface area contributed by atoms with Crippen molar-refractivity contribution in [2.45, 2.75) is 25.9 Å². The molecule has 0 aromatic carbocycles.